The highest BCUT2D eigenvalue weighted by Crippen LogP contribution is 2.48. The summed E-state index contributed by atoms with van der Waals surface area (Å²) in [7, 11) is 0. The van der Waals surface area contributed by atoms with Crippen molar-refractivity contribution in [1.29, 1.82) is 5.26 Å². The van der Waals surface area contributed by atoms with Crippen molar-refractivity contribution in [3.63, 3.8) is 0 Å². The first kappa shape index (κ1) is 22.1. The first-order valence-corrected chi connectivity index (χ1v) is 10.8. The highest BCUT2D eigenvalue weighted by atomic mass is 19.4. The van der Waals surface area contributed by atoms with Crippen molar-refractivity contribution in [1.82, 2.24) is 19.5 Å². The monoisotopic (exact) mass is 470 g/mol. The molecule has 5 rings (SSSR count). The van der Waals surface area contributed by atoms with Crippen molar-refractivity contribution < 1.29 is 22.7 Å². The van der Waals surface area contributed by atoms with Gasteiger partial charge in [-0.15, -0.1) is 0 Å². The van der Waals surface area contributed by atoms with Gasteiger partial charge in [0.15, 0.2) is 0 Å². The number of amides is 1. The van der Waals surface area contributed by atoms with E-state index >= 15 is 0 Å². The number of ether oxygens (including phenoxy) is 1. The lowest BCUT2D eigenvalue weighted by molar-refractivity contribution is -0.144. The second-order valence-electron chi connectivity index (χ2n) is 9.43. The van der Waals surface area contributed by atoms with Gasteiger partial charge < -0.3 is 9.30 Å². The summed E-state index contributed by atoms with van der Waals surface area (Å²) in [5, 5.41) is 9.24. The van der Waals surface area contributed by atoms with Gasteiger partial charge in [-0.1, -0.05) is 6.92 Å². The second kappa shape index (κ2) is 7.68. The first-order chi connectivity index (χ1) is 16.1. The van der Waals surface area contributed by atoms with E-state index < -0.39 is 23.7 Å². The Morgan fingerprint density at radius 2 is 1.97 bits per heavy atom. The third kappa shape index (κ3) is 3.93. The minimum Gasteiger partial charge on any atom is -0.441 e. The van der Waals surface area contributed by atoms with Gasteiger partial charge >= 0.3 is 12.3 Å². The van der Waals surface area contributed by atoms with E-state index in [1.165, 1.54) is 4.90 Å². The fourth-order valence-electron chi connectivity index (χ4n) is 5.24. The number of alkyl halides is 3. The highest BCUT2D eigenvalue weighted by molar-refractivity contribution is 5.90. The number of imidazole rings is 1. The maximum absolute atomic E-state index is 12.8. The quantitative estimate of drug-likeness (QED) is 0.551. The summed E-state index contributed by atoms with van der Waals surface area (Å²) in [6.07, 6.45) is 1.48. The fraction of sp³-hybridized carbons (Fsp3) is 0.435. The minimum absolute atomic E-state index is 0.173. The van der Waals surface area contributed by atoms with Crippen molar-refractivity contribution >= 4 is 22.8 Å². The van der Waals surface area contributed by atoms with E-state index in [0.717, 1.165) is 36.3 Å². The van der Waals surface area contributed by atoms with E-state index in [9.17, 15) is 23.2 Å². The van der Waals surface area contributed by atoms with Crippen molar-refractivity contribution in [3.05, 3.63) is 48.3 Å². The van der Waals surface area contributed by atoms with Crippen LogP contribution >= 0.6 is 0 Å². The van der Waals surface area contributed by atoms with Gasteiger partial charge in [0.1, 0.15) is 5.60 Å². The molecule has 2 aromatic heterocycles. The number of carbonyl (C=O) groups is 1. The Morgan fingerprint density at radius 1 is 1.21 bits per heavy atom. The first-order valence-electron chi connectivity index (χ1n) is 10.8. The number of nitrogens with zero attached hydrogens (tertiary/aromatic N) is 6. The molecule has 34 heavy (non-hydrogen) atoms. The number of anilines is 1. The average Bonchev–Trinajstić information content (AvgIpc) is 3.32. The number of rotatable bonds is 3. The topological polar surface area (TPSA) is 96.9 Å². The molecule has 3 aromatic rings. The highest BCUT2D eigenvalue weighted by Gasteiger charge is 2.52. The van der Waals surface area contributed by atoms with Gasteiger partial charge in [0.2, 0.25) is 5.82 Å². The van der Waals surface area contributed by atoms with Gasteiger partial charge in [0.25, 0.3) is 0 Å². The van der Waals surface area contributed by atoms with Gasteiger partial charge in [-0.05, 0) is 49.3 Å². The summed E-state index contributed by atoms with van der Waals surface area (Å²) in [6.45, 7) is 2.98. The van der Waals surface area contributed by atoms with Crippen LogP contribution in [0.3, 0.4) is 0 Å². The van der Waals surface area contributed by atoms with Crippen LogP contribution in [-0.2, 0) is 17.5 Å². The lowest BCUT2D eigenvalue weighted by Gasteiger charge is -2.43. The van der Waals surface area contributed by atoms with Crippen molar-refractivity contribution in [2.24, 2.45) is 5.41 Å². The second-order valence-corrected chi connectivity index (χ2v) is 9.43. The Labute approximate surface area is 193 Å². The zero-order chi connectivity index (χ0) is 24.1. The standard InChI is InChI=1S/C23H21F3N6O2/c1-21(12-31-14-30-17-4-3-15(8-27)7-18(17)31)5-2-6-22(11-21)13-32(20(33)34-22)16-9-28-19(29-10-16)23(24,25)26/h3-4,7,9-10,14H,2,5-6,11-13H2,1H3/t21?,22-/m0/s1. The number of fused-ring (bicyclic) bond motifs is 1. The van der Waals surface area contributed by atoms with E-state index in [2.05, 4.69) is 27.9 Å². The molecule has 1 spiro atoms. The predicted molar refractivity (Wildman–Crippen MR) is 115 cm³/mol. The maximum atomic E-state index is 12.8. The molecular formula is C23H21F3N6O2. The molecule has 1 aromatic carbocycles. The Kier molecular flexibility index (Phi) is 5.00. The predicted octanol–water partition coefficient (Wildman–Crippen LogP) is 4.69. The molecule has 1 aliphatic heterocycles. The van der Waals surface area contributed by atoms with E-state index in [1.54, 1.807) is 12.4 Å². The lowest BCUT2D eigenvalue weighted by atomic mass is 9.68. The number of halogens is 3. The molecule has 0 radical (unpaired) electrons. The minimum atomic E-state index is -4.65. The van der Waals surface area contributed by atoms with Crippen molar-refractivity contribution in [2.75, 3.05) is 11.4 Å². The lowest BCUT2D eigenvalue weighted by Crippen LogP contribution is -2.45. The zero-order valence-electron chi connectivity index (χ0n) is 18.3. The summed E-state index contributed by atoms with van der Waals surface area (Å²) in [5.41, 5.74) is 1.42. The molecule has 0 bridgehead atoms. The molecule has 3 heterocycles. The van der Waals surface area contributed by atoms with E-state index in [-0.39, 0.29) is 17.6 Å². The molecule has 1 aliphatic carbocycles. The summed E-state index contributed by atoms with van der Waals surface area (Å²) in [5.74, 6) is -1.25. The smallest absolute Gasteiger partial charge is 0.441 e. The van der Waals surface area contributed by atoms with Crippen LogP contribution in [0.5, 0.6) is 0 Å². The third-order valence-electron chi connectivity index (χ3n) is 6.64. The summed E-state index contributed by atoms with van der Waals surface area (Å²) < 4.78 is 46.2. The van der Waals surface area contributed by atoms with E-state index in [1.807, 2.05) is 16.7 Å². The molecule has 1 saturated heterocycles. The summed E-state index contributed by atoms with van der Waals surface area (Å²) >= 11 is 0. The number of hydrogen-bond donors (Lipinski definition) is 0. The molecule has 2 atom stereocenters. The number of hydrogen-bond acceptors (Lipinski definition) is 6. The van der Waals surface area contributed by atoms with Crippen LogP contribution < -0.4 is 4.90 Å². The van der Waals surface area contributed by atoms with Gasteiger partial charge in [-0.3, -0.25) is 4.90 Å². The van der Waals surface area contributed by atoms with E-state index in [4.69, 9.17) is 4.74 Å². The number of carbonyl (C=O) groups excluding carboxylic acids is 1. The van der Waals surface area contributed by atoms with Crippen LogP contribution in [0.15, 0.2) is 36.9 Å². The zero-order valence-corrected chi connectivity index (χ0v) is 18.3. The van der Waals surface area contributed by atoms with Crippen molar-refractivity contribution in [2.45, 2.75) is 50.9 Å². The summed E-state index contributed by atoms with van der Waals surface area (Å²) in [4.78, 5) is 25.2. The molecule has 2 aliphatic rings. The van der Waals surface area contributed by atoms with Crippen molar-refractivity contribution in [3.8, 4) is 6.07 Å². The Morgan fingerprint density at radius 3 is 2.68 bits per heavy atom. The Balaban J connectivity index is 1.36. The van der Waals surface area contributed by atoms with Crippen LogP contribution in [0, 0.1) is 16.7 Å². The van der Waals surface area contributed by atoms with Gasteiger partial charge in [0, 0.05) is 6.54 Å². The molecular weight excluding hydrogens is 449 g/mol. The Hall–Kier alpha value is -3.68. The van der Waals surface area contributed by atoms with Crippen LogP contribution in [0.25, 0.3) is 11.0 Å². The summed E-state index contributed by atoms with van der Waals surface area (Å²) in [6, 6.07) is 7.51. The third-order valence-corrected chi connectivity index (χ3v) is 6.64. The van der Waals surface area contributed by atoms with Gasteiger partial charge in [0.05, 0.1) is 53.6 Å². The number of benzene rings is 1. The fourth-order valence-corrected chi connectivity index (χ4v) is 5.24. The molecule has 0 N–H and O–H groups in total. The maximum Gasteiger partial charge on any atom is 0.451 e. The van der Waals surface area contributed by atoms with E-state index in [0.29, 0.717) is 24.9 Å². The molecule has 8 nitrogen and oxygen atoms in total. The Bertz CT molecular complexity index is 1300. The van der Waals surface area contributed by atoms with Gasteiger partial charge in [-0.25, -0.2) is 19.7 Å². The molecule has 176 valence electrons. The normalized spacial score (nSPS) is 25.0. The van der Waals surface area contributed by atoms with Crippen LogP contribution in [0.1, 0.15) is 44.0 Å². The van der Waals surface area contributed by atoms with Crippen LogP contribution in [0.4, 0.5) is 23.7 Å². The van der Waals surface area contributed by atoms with Crippen LogP contribution in [-0.4, -0.2) is 37.8 Å². The molecule has 1 unspecified atom stereocenters. The van der Waals surface area contributed by atoms with Gasteiger partial charge in [-0.2, -0.15) is 18.4 Å². The number of nitriles is 1. The average molecular weight is 470 g/mol. The van der Waals surface area contributed by atoms with Crippen LogP contribution in [0.2, 0.25) is 0 Å². The molecule has 11 heteroatoms. The number of aromatic nitrogens is 4. The SMILES string of the molecule is CC1(Cn2cnc3ccc(C#N)cc32)CCC[C@@]2(CN(c3cnc(C(F)(F)F)nc3)C(=O)O2)C1. The molecule has 2 fully saturated rings. The molecule has 1 amide bonds. The largest absolute Gasteiger partial charge is 0.451 e. The molecule has 1 saturated carbocycles.